The zero-order valence-electron chi connectivity index (χ0n) is 9.16. The van der Waals surface area contributed by atoms with Gasteiger partial charge in [-0.15, -0.1) is 11.3 Å². The monoisotopic (exact) mass is 290 g/mol. The minimum Gasteiger partial charge on any atom is -0.340 e. The number of carbonyl (C=O) groups excluding carboxylic acids is 1. The molecule has 1 amide bonds. The average Bonchev–Trinajstić information content (AvgIpc) is 2.62. The first-order chi connectivity index (χ1) is 7.06. The molecule has 1 rings (SSSR count). The molecule has 5 heteroatoms. The first-order valence-corrected chi connectivity index (χ1v) is 6.63. The first-order valence-electron chi connectivity index (χ1n) is 4.84. The number of nitrogens with zero attached hydrogens (tertiary/aromatic N) is 2. The fraction of sp³-hybridized carbons (Fsp3) is 0.600. The first kappa shape index (κ1) is 12.6. The van der Waals surface area contributed by atoms with Crippen LogP contribution in [0.15, 0.2) is 5.51 Å². The normalized spacial score (nSPS) is 12.5. The van der Waals surface area contributed by atoms with Gasteiger partial charge in [-0.3, -0.25) is 4.79 Å². The zero-order chi connectivity index (χ0) is 11.4. The molecule has 0 aliphatic heterocycles. The van der Waals surface area contributed by atoms with Crippen molar-refractivity contribution < 1.29 is 4.79 Å². The molecule has 1 aromatic rings. The molecule has 1 unspecified atom stereocenters. The number of alkyl halides is 1. The van der Waals surface area contributed by atoms with E-state index >= 15 is 0 Å². The summed E-state index contributed by atoms with van der Waals surface area (Å²) in [5.41, 5.74) is 2.83. The number of hydrogen-bond donors (Lipinski definition) is 0. The topological polar surface area (TPSA) is 33.2 Å². The van der Waals surface area contributed by atoms with Crippen molar-refractivity contribution in [1.29, 1.82) is 0 Å². The summed E-state index contributed by atoms with van der Waals surface area (Å²) in [7, 11) is 1.82. The molecule has 84 valence electrons. The third kappa shape index (κ3) is 3.28. The number of amides is 1. The molecule has 0 saturated heterocycles. The Morgan fingerprint density at radius 1 is 1.73 bits per heavy atom. The molecule has 0 fully saturated rings. The van der Waals surface area contributed by atoms with Crippen molar-refractivity contribution >= 4 is 33.2 Å². The van der Waals surface area contributed by atoms with Crippen molar-refractivity contribution in [2.24, 2.45) is 0 Å². The summed E-state index contributed by atoms with van der Waals surface area (Å²) in [5, 5.41) is 0. The third-order valence-electron chi connectivity index (χ3n) is 2.23. The van der Waals surface area contributed by atoms with Crippen molar-refractivity contribution in [3.05, 3.63) is 16.1 Å². The predicted octanol–water partition coefficient (Wildman–Crippen LogP) is 2.58. The van der Waals surface area contributed by atoms with Gasteiger partial charge in [0.05, 0.1) is 22.6 Å². The van der Waals surface area contributed by atoms with E-state index in [9.17, 15) is 4.79 Å². The molecule has 0 bridgehead atoms. The molecule has 0 spiro atoms. The lowest BCUT2D eigenvalue weighted by atomic mass is 10.3. The molecule has 0 saturated carbocycles. The van der Waals surface area contributed by atoms with Crippen LogP contribution in [0, 0.1) is 6.92 Å². The number of aromatic nitrogens is 1. The summed E-state index contributed by atoms with van der Waals surface area (Å²) in [6.07, 6.45) is 0.810. The van der Waals surface area contributed by atoms with E-state index in [1.54, 1.807) is 16.2 Å². The molecular formula is C10H15BrN2OS. The highest BCUT2D eigenvalue weighted by Crippen LogP contribution is 2.16. The standard InChI is InChI=1S/C10H15BrN2OS/c1-4-8(11)10(14)13(3)5-9-7(2)12-6-15-9/h6,8H,4-5H2,1-3H3. The molecule has 0 aliphatic rings. The van der Waals surface area contributed by atoms with Crippen LogP contribution in [0.5, 0.6) is 0 Å². The van der Waals surface area contributed by atoms with Crippen LogP contribution in [0.3, 0.4) is 0 Å². The molecule has 1 heterocycles. The number of carbonyl (C=O) groups is 1. The van der Waals surface area contributed by atoms with Gasteiger partial charge in [0.1, 0.15) is 0 Å². The maximum Gasteiger partial charge on any atom is 0.236 e. The minimum atomic E-state index is -0.0734. The third-order valence-corrected chi connectivity index (χ3v) is 4.19. The second-order valence-electron chi connectivity index (χ2n) is 3.43. The second-order valence-corrected chi connectivity index (χ2v) is 5.48. The van der Waals surface area contributed by atoms with Crippen LogP contribution in [0.2, 0.25) is 0 Å². The molecule has 3 nitrogen and oxygen atoms in total. The van der Waals surface area contributed by atoms with Crippen molar-refractivity contribution in [2.75, 3.05) is 7.05 Å². The molecule has 1 aromatic heterocycles. The maximum atomic E-state index is 11.8. The average molecular weight is 291 g/mol. The van der Waals surface area contributed by atoms with Gasteiger partial charge in [0.25, 0.3) is 0 Å². The fourth-order valence-corrected chi connectivity index (χ4v) is 2.36. The largest absolute Gasteiger partial charge is 0.340 e. The quantitative estimate of drug-likeness (QED) is 0.799. The van der Waals surface area contributed by atoms with Gasteiger partial charge in [-0.2, -0.15) is 0 Å². The Bertz CT molecular complexity index is 340. The van der Waals surface area contributed by atoms with Gasteiger partial charge < -0.3 is 4.90 Å². The Hall–Kier alpha value is -0.420. The predicted molar refractivity (Wildman–Crippen MR) is 66.3 cm³/mol. The number of halogens is 1. The zero-order valence-corrected chi connectivity index (χ0v) is 11.6. The van der Waals surface area contributed by atoms with Crippen LogP contribution in [0.1, 0.15) is 23.9 Å². The van der Waals surface area contributed by atoms with Gasteiger partial charge in [0.15, 0.2) is 0 Å². The van der Waals surface area contributed by atoms with Gasteiger partial charge in [0.2, 0.25) is 5.91 Å². The minimum absolute atomic E-state index is 0.0734. The summed E-state index contributed by atoms with van der Waals surface area (Å²) in [6.45, 7) is 4.61. The van der Waals surface area contributed by atoms with E-state index in [2.05, 4.69) is 20.9 Å². The number of thiazole rings is 1. The SMILES string of the molecule is CCC(Br)C(=O)N(C)Cc1scnc1C. The van der Waals surface area contributed by atoms with E-state index in [1.165, 1.54) is 0 Å². The fourth-order valence-electron chi connectivity index (χ4n) is 1.19. The van der Waals surface area contributed by atoms with Crippen molar-refractivity contribution in [1.82, 2.24) is 9.88 Å². The van der Waals surface area contributed by atoms with E-state index in [0.29, 0.717) is 6.54 Å². The van der Waals surface area contributed by atoms with E-state index in [4.69, 9.17) is 0 Å². The lowest BCUT2D eigenvalue weighted by Crippen LogP contribution is -2.32. The molecule has 15 heavy (non-hydrogen) atoms. The molecular weight excluding hydrogens is 276 g/mol. The second kappa shape index (κ2) is 5.61. The summed E-state index contributed by atoms with van der Waals surface area (Å²) in [6, 6.07) is 0. The Morgan fingerprint density at radius 2 is 2.40 bits per heavy atom. The highest BCUT2D eigenvalue weighted by atomic mass is 79.9. The number of hydrogen-bond acceptors (Lipinski definition) is 3. The lowest BCUT2D eigenvalue weighted by molar-refractivity contribution is -0.129. The van der Waals surface area contributed by atoms with E-state index in [0.717, 1.165) is 17.0 Å². The summed E-state index contributed by atoms with van der Waals surface area (Å²) < 4.78 is 0. The highest BCUT2D eigenvalue weighted by molar-refractivity contribution is 9.10. The summed E-state index contributed by atoms with van der Waals surface area (Å²) >= 11 is 4.96. The van der Waals surface area contributed by atoms with Crippen molar-refractivity contribution in [3.8, 4) is 0 Å². The Morgan fingerprint density at radius 3 is 2.87 bits per heavy atom. The van der Waals surface area contributed by atoms with Gasteiger partial charge in [0, 0.05) is 11.9 Å². The lowest BCUT2D eigenvalue weighted by Gasteiger charge is -2.19. The van der Waals surface area contributed by atoms with E-state index in [-0.39, 0.29) is 10.7 Å². The van der Waals surface area contributed by atoms with E-state index in [1.807, 2.05) is 26.4 Å². The summed E-state index contributed by atoms with van der Waals surface area (Å²) in [4.78, 5) is 18.8. The summed E-state index contributed by atoms with van der Waals surface area (Å²) in [5.74, 6) is 0.130. The Balaban J connectivity index is 2.60. The Kier molecular flexibility index (Phi) is 4.73. The highest BCUT2D eigenvalue weighted by Gasteiger charge is 2.18. The van der Waals surface area contributed by atoms with Crippen molar-refractivity contribution in [3.63, 3.8) is 0 Å². The molecule has 1 atom stereocenters. The maximum absolute atomic E-state index is 11.8. The van der Waals surface area contributed by atoms with Gasteiger partial charge >= 0.3 is 0 Å². The van der Waals surface area contributed by atoms with Crippen molar-refractivity contribution in [2.45, 2.75) is 31.6 Å². The van der Waals surface area contributed by atoms with Crippen LogP contribution in [0.4, 0.5) is 0 Å². The number of aryl methyl sites for hydroxylation is 1. The van der Waals surface area contributed by atoms with Crippen LogP contribution in [-0.4, -0.2) is 27.7 Å². The molecule has 0 radical (unpaired) electrons. The van der Waals surface area contributed by atoms with Gasteiger partial charge in [-0.05, 0) is 13.3 Å². The molecule has 0 N–H and O–H groups in total. The van der Waals surface area contributed by atoms with Crippen LogP contribution >= 0.6 is 27.3 Å². The van der Waals surface area contributed by atoms with Gasteiger partial charge in [-0.25, -0.2) is 4.98 Å². The smallest absolute Gasteiger partial charge is 0.236 e. The number of rotatable bonds is 4. The van der Waals surface area contributed by atoms with Crippen LogP contribution in [0.25, 0.3) is 0 Å². The molecule has 0 aromatic carbocycles. The van der Waals surface area contributed by atoms with Gasteiger partial charge in [-0.1, -0.05) is 22.9 Å². The van der Waals surface area contributed by atoms with Crippen LogP contribution in [-0.2, 0) is 11.3 Å². The van der Waals surface area contributed by atoms with Crippen LogP contribution < -0.4 is 0 Å². The van der Waals surface area contributed by atoms with E-state index < -0.39 is 0 Å². The Labute approximate surface area is 103 Å². The molecule has 0 aliphatic carbocycles.